The van der Waals surface area contributed by atoms with E-state index in [9.17, 15) is 9.18 Å². The minimum Gasteiger partial charge on any atom is -0.497 e. The number of likely N-dealkylation sites (N-methyl/N-ethyl adjacent to an activating group) is 1. The predicted molar refractivity (Wildman–Crippen MR) is 90.7 cm³/mol. The SMILES string of the molecule is COc1cccc(C2CN(C(=O)c3ccc(F)cc3)CCN2C)c1. The average molecular weight is 328 g/mol. The molecule has 1 amide bonds. The van der Waals surface area contributed by atoms with Crippen molar-refractivity contribution in [3.05, 3.63) is 65.5 Å². The van der Waals surface area contributed by atoms with Gasteiger partial charge in [0.05, 0.1) is 13.2 Å². The number of amides is 1. The van der Waals surface area contributed by atoms with Crippen molar-refractivity contribution < 1.29 is 13.9 Å². The second-order valence-electron chi connectivity index (χ2n) is 6.03. The van der Waals surface area contributed by atoms with E-state index in [1.165, 1.54) is 24.3 Å². The summed E-state index contributed by atoms with van der Waals surface area (Å²) in [6, 6.07) is 13.8. The smallest absolute Gasteiger partial charge is 0.253 e. The molecule has 126 valence electrons. The standard InChI is InChI=1S/C19H21FN2O2/c1-21-10-11-22(19(23)14-6-8-16(20)9-7-14)13-18(21)15-4-3-5-17(12-15)24-2/h3-9,12,18H,10-11,13H2,1-2H3. The lowest BCUT2D eigenvalue weighted by Crippen LogP contribution is -2.49. The van der Waals surface area contributed by atoms with Crippen molar-refractivity contribution in [2.24, 2.45) is 0 Å². The van der Waals surface area contributed by atoms with Crippen molar-refractivity contribution >= 4 is 5.91 Å². The number of piperazine rings is 1. The van der Waals surface area contributed by atoms with Crippen molar-refractivity contribution in [2.45, 2.75) is 6.04 Å². The third-order valence-corrected chi connectivity index (χ3v) is 4.50. The Bertz CT molecular complexity index is 718. The van der Waals surface area contributed by atoms with Crippen LogP contribution in [0, 0.1) is 5.82 Å². The molecule has 4 nitrogen and oxygen atoms in total. The van der Waals surface area contributed by atoms with Crippen LogP contribution in [0.4, 0.5) is 4.39 Å². The van der Waals surface area contributed by atoms with E-state index in [1.54, 1.807) is 7.11 Å². The Kier molecular flexibility index (Phi) is 4.81. The minimum absolute atomic E-state index is 0.0593. The molecule has 1 saturated heterocycles. The highest BCUT2D eigenvalue weighted by molar-refractivity contribution is 5.94. The lowest BCUT2D eigenvalue weighted by atomic mass is 10.0. The molecule has 2 aromatic rings. The average Bonchev–Trinajstić information content (AvgIpc) is 2.62. The maximum absolute atomic E-state index is 13.1. The molecule has 3 rings (SSSR count). The van der Waals surface area contributed by atoms with E-state index in [1.807, 2.05) is 23.1 Å². The van der Waals surface area contributed by atoms with E-state index in [2.05, 4.69) is 18.0 Å². The molecule has 0 aliphatic carbocycles. The zero-order valence-corrected chi connectivity index (χ0v) is 13.9. The second kappa shape index (κ2) is 7.01. The molecule has 5 heteroatoms. The van der Waals surface area contributed by atoms with Gasteiger partial charge in [0.25, 0.3) is 5.91 Å². The van der Waals surface area contributed by atoms with Gasteiger partial charge in [-0.25, -0.2) is 4.39 Å². The maximum Gasteiger partial charge on any atom is 0.253 e. The van der Waals surface area contributed by atoms with Gasteiger partial charge in [0, 0.05) is 25.2 Å². The van der Waals surface area contributed by atoms with Crippen molar-refractivity contribution in [1.82, 2.24) is 9.80 Å². The molecule has 0 saturated carbocycles. The van der Waals surface area contributed by atoms with Crippen LogP contribution >= 0.6 is 0 Å². The second-order valence-corrected chi connectivity index (χ2v) is 6.03. The van der Waals surface area contributed by atoms with Gasteiger partial charge >= 0.3 is 0 Å². The van der Waals surface area contributed by atoms with Gasteiger partial charge in [0.1, 0.15) is 11.6 Å². The van der Waals surface area contributed by atoms with Crippen LogP contribution in [0.5, 0.6) is 5.75 Å². The lowest BCUT2D eigenvalue weighted by Gasteiger charge is -2.39. The first-order chi connectivity index (χ1) is 11.6. The van der Waals surface area contributed by atoms with E-state index in [0.29, 0.717) is 18.7 Å². The van der Waals surface area contributed by atoms with Gasteiger partial charge in [-0.05, 0) is 49.0 Å². The summed E-state index contributed by atoms with van der Waals surface area (Å²) in [4.78, 5) is 16.7. The van der Waals surface area contributed by atoms with Crippen LogP contribution in [0.15, 0.2) is 48.5 Å². The predicted octanol–water partition coefficient (Wildman–Crippen LogP) is 2.96. The summed E-state index contributed by atoms with van der Waals surface area (Å²) >= 11 is 0. The molecule has 1 unspecified atom stereocenters. The van der Waals surface area contributed by atoms with Crippen LogP contribution in [0.3, 0.4) is 0 Å². The number of carbonyl (C=O) groups is 1. The molecule has 0 aromatic heterocycles. The van der Waals surface area contributed by atoms with E-state index in [4.69, 9.17) is 4.74 Å². The van der Waals surface area contributed by atoms with E-state index in [-0.39, 0.29) is 17.8 Å². The first-order valence-electron chi connectivity index (χ1n) is 7.97. The summed E-state index contributed by atoms with van der Waals surface area (Å²) in [6.07, 6.45) is 0. The Morgan fingerprint density at radius 3 is 2.62 bits per heavy atom. The molecule has 0 radical (unpaired) electrons. The Hall–Kier alpha value is -2.40. The summed E-state index contributed by atoms with van der Waals surface area (Å²) in [5, 5.41) is 0. The zero-order chi connectivity index (χ0) is 17.1. The van der Waals surface area contributed by atoms with Crippen LogP contribution in [-0.4, -0.2) is 49.5 Å². The monoisotopic (exact) mass is 328 g/mol. The Morgan fingerprint density at radius 2 is 1.92 bits per heavy atom. The largest absolute Gasteiger partial charge is 0.497 e. The fourth-order valence-corrected chi connectivity index (χ4v) is 3.04. The number of halogens is 1. The van der Waals surface area contributed by atoms with Gasteiger partial charge in [0.2, 0.25) is 0 Å². The maximum atomic E-state index is 13.1. The molecule has 24 heavy (non-hydrogen) atoms. The molecule has 1 heterocycles. The number of carbonyl (C=O) groups excluding carboxylic acids is 1. The minimum atomic E-state index is -0.334. The van der Waals surface area contributed by atoms with E-state index in [0.717, 1.165) is 17.9 Å². The van der Waals surface area contributed by atoms with Gasteiger partial charge < -0.3 is 9.64 Å². The fourth-order valence-electron chi connectivity index (χ4n) is 3.04. The molecule has 1 aliphatic rings. The van der Waals surface area contributed by atoms with Crippen LogP contribution in [0.1, 0.15) is 22.0 Å². The molecule has 0 bridgehead atoms. The molecule has 1 fully saturated rings. The molecule has 1 aliphatic heterocycles. The van der Waals surface area contributed by atoms with Crippen LogP contribution in [0.25, 0.3) is 0 Å². The van der Waals surface area contributed by atoms with Crippen LogP contribution in [0.2, 0.25) is 0 Å². The van der Waals surface area contributed by atoms with Gasteiger partial charge in [-0.2, -0.15) is 0 Å². The molecular weight excluding hydrogens is 307 g/mol. The molecular formula is C19H21FN2O2. The van der Waals surface area contributed by atoms with Gasteiger partial charge in [-0.3, -0.25) is 9.69 Å². The normalized spacial score (nSPS) is 18.5. The van der Waals surface area contributed by atoms with Gasteiger partial charge in [-0.15, -0.1) is 0 Å². The molecule has 0 spiro atoms. The first-order valence-corrected chi connectivity index (χ1v) is 7.97. The number of rotatable bonds is 3. The summed E-state index contributed by atoms with van der Waals surface area (Å²) in [5.74, 6) is 0.415. The number of methoxy groups -OCH3 is 1. The van der Waals surface area contributed by atoms with Crippen LogP contribution < -0.4 is 4.74 Å². The highest BCUT2D eigenvalue weighted by Gasteiger charge is 2.29. The number of hydrogen-bond acceptors (Lipinski definition) is 3. The number of ether oxygens (including phenoxy) is 1. The molecule has 2 aromatic carbocycles. The van der Waals surface area contributed by atoms with E-state index < -0.39 is 0 Å². The zero-order valence-electron chi connectivity index (χ0n) is 13.9. The quantitative estimate of drug-likeness (QED) is 0.868. The summed E-state index contributed by atoms with van der Waals surface area (Å²) < 4.78 is 18.4. The fraction of sp³-hybridized carbons (Fsp3) is 0.316. The third kappa shape index (κ3) is 3.41. The highest BCUT2D eigenvalue weighted by Crippen LogP contribution is 2.27. The first kappa shape index (κ1) is 16.5. The van der Waals surface area contributed by atoms with Crippen molar-refractivity contribution in [3.63, 3.8) is 0 Å². The number of hydrogen-bond donors (Lipinski definition) is 0. The third-order valence-electron chi connectivity index (χ3n) is 4.50. The van der Waals surface area contributed by atoms with Gasteiger partial charge in [0.15, 0.2) is 0 Å². The highest BCUT2D eigenvalue weighted by atomic mass is 19.1. The van der Waals surface area contributed by atoms with Crippen molar-refractivity contribution in [3.8, 4) is 5.75 Å². The molecule has 0 N–H and O–H groups in total. The van der Waals surface area contributed by atoms with Gasteiger partial charge in [-0.1, -0.05) is 12.1 Å². The summed E-state index contributed by atoms with van der Waals surface area (Å²) in [6.45, 7) is 2.04. The van der Waals surface area contributed by atoms with E-state index >= 15 is 0 Å². The topological polar surface area (TPSA) is 32.8 Å². The Labute approximate surface area is 141 Å². The lowest BCUT2D eigenvalue weighted by molar-refractivity contribution is 0.0546. The molecule has 1 atom stereocenters. The Balaban J connectivity index is 1.79. The summed E-state index contributed by atoms with van der Waals surface area (Å²) in [7, 11) is 3.71. The number of nitrogens with zero attached hydrogens (tertiary/aromatic N) is 2. The number of benzene rings is 2. The van der Waals surface area contributed by atoms with Crippen molar-refractivity contribution in [2.75, 3.05) is 33.8 Å². The summed E-state index contributed by atoms with van der Waals surface area (Å²) in [5.41, 5.74) is 1.64. The Morgan fingerprint density at radius 1 is 1.17 bits per heavy atom. The van der Waals surface area contributed by atoms with Crippen molar-refractivity contribution in [1.29, 1.82) is 0 Å². The van der Waals surface area contributed by atoms with Crippen LogP contribution in [-0.2, 0) is 0 Å².